The number of ether oxygens (including phenoxy) is 1. The SMILES string of the molecule is O=CNC(CCSCC(=O)N1CCOCC1)C(=O)O. The number of rotatable bonds is 8. The fraction of sp³-hybridized carbons (Fsp3) is 0.727. The normalized spacial score (nSPS) is 16.7. The van der Waals surface area contributed by atoms with E-state index in [1.807, 2.05) is 0 Å². The lowest BCUT2D eigenvalue weighted by Gasteiger charge is -2.26. The Bertz CT molecular complexity index is 320. The average molecular weight is 290 g/mol. The molecule has 0 saturated carbocycles. The maximum atomic E-state index is 11.8. The van der Waals surface area contributed by atoms with E-state index in [0.717, 1.165) is 0 Å². The van der Waals surface area contributed by atoms with Crippen LogP contribution in [0.3, 0.4) is 0 Å². The molecule has 1 aliphatic rings. The molecule has 7 nitrogen and oxygen atoms in total. The summed E-state index contributed by atoms with van der Waals surface area (Å²) in [6.07, 6.45) is 0.678. The van der Waals surface area contributed by atoms with Crippen LogP contribution in [0.2, 0.25) is 0 Å². The fourth-order valence-corrected chi connectivity index (χ4v) is 2.53. The molecule has 0 aromatic carbocycles. The molecular weight excluding hydrogens is 272 g/mol. The summed E-state index contributed by atoms with van der Waals surface area (Å²) >= 11 is 1.38. The summed E-state index contributed by atoms with van der Waals surface area (Å²) in [4.78, 5) is 34.5. The molecule has 1 fully saturated rings. The van der Waals surface area contributed by atoms with Crippen molar-refractivity contribution in [1.82, 2.24) is 10.2 Å². The minimum absolute atomic E-state index is 0.0449. The van der Waals surface area contributed by atoms with Crippen LogP contribution in [0.25, 0.3) is 0 Å². The van der Waals surface area contributed by atoms with Crippen molar-refractivity contribution in [1.29, 1.82) is 0 Å². The second-order valence-electron chi connectivity index (χ2n) is 4.01. The Morgan fingerprint density at radius 2 is 2.11 bits per heavy atom. The van der Waals surface area contributed by atoms with Crippen LogP contribution in [0.1, 0.15) is 6.42 Å². The number of aliphatic carboxylic acids is 1. The molecule has 2 amide bonds. The van der Waals surface area contributed by atoms with Crippen LogP contribution in [0.4, 0.5) is 0 Å². The number of morpholine rings is 1. The van der Waals surface area contributed by atoms with Gasteiger partial charge in [-0.3, -0.25) is 9.59 Å². The zero-order valence-corrected chi connectivity index (χ0v) is 11.4. The van der Waals surface area contributed by atoms with Crippen LogP contribution in [-0.4, -0.2) is 72.1 Å². The minimum atomic E-state index is -1.06. The highest BCUT2D eigenvalue weighted by Crippen LogP contribution is 2.08. The van der Waals surface area contributed by atoms with E-state index in [2.05, 4.69) is 5.32 Å². The minimum Gasteiger partial charge on any atom is -0.480 e. The highest BCUT2D eigenvalue weighted by atomic mass is 32.2. The van der Waals surface area contributed by atoms with Gasteiger partial charge in [-0.2, -0.15) is 11.8 Å². The zero-order valence-electron chi connectivity index (χ0n) is 10.5. The smallest absolute Gasteiger partial charge is 0.326 e. The van der Waals surface area contributed by atoms with Crippen LogP contribution in [-0.2, 0) is 19.1 Å². The Morgan fingerprint density at radius 3 is 2.68 bits per heavy atom. The van der Waals surface area contributed by atoms with Crippen LogP contribution >= 0.6 is 11.8 Å². The Morgan fingerprint density at radius 1 is 1.42 bits per heavy atom. The van der Waals surface area contributed by atoms with Crippen LogP contribution in [0, 0.1) is 0 Å². The molecule has 0 spiro atoms. The number of carboxylic acids is 1. The number of hydrogen-bond donors (Lipinski definition) is 2. The summed E-state index contributed by atoms with van der Waals surface area (Å²) in [5, 5.41) is 11.0. The first-order valence-corrected chi connectivity index (χ1v) is 7.16. The Labute approximate surface area is 115 Å². The van der Waals surface area contributed by atoms with Crippen molar-refractivity contribution in [2.75, 3.05) is 37.8 Å². The van der Waals surface area contributed by atoms with E-state index in [4.69, 9.17) is 9.84 Å². The fourth-order valence-electron chi connectivity index (χ4n) is 1.62. The lowest BCUT2D eigenvalue weighted by molar-refractivity contribution is -0.140. The van der Waals surface area contributed by atoms with Crippen molar-refractivity contribution >= 4 is 30.0 Å². The summed E-state index contributed by atoms with van der Waals surface area (Å²) in [6, 6.07) is -0.886. The molecule has 0 bridgehead atoms. The van der Waals surface area contributed by atoms with E-state index in [-0.39, 0.29) is 5.91 Å². The average Bonchev–Trinajstić information content (AvgIpc) is 2.42. The summed E-state index contributed by atoms with van der Waals surface area (Å²) in [6.45, 7) is 2.37. The molecule has 1 heterocycles. The van der Waals surface area contributed by atoms with Crippen molar-refractivity contribution < 1.29 is 24.2 Å². The molecule has 0 aromatic heterocycles. The second-order valence-corrected chi connectivity index (χ2v) is 5.11. The van der Waals surface area contributed by atoms with Gasteiger partial charge in [-0.05, 0) is 12.2 Å². The van der Waals surface area contributed by atoms with Gasteiger partial charge < -0.3 is 20.1 Å². The summed E-state index contributed by atoms with van der Waals surface area (Å²) in [7, 11) is 0. The Kier molecular flexibility index (Phi) is 7.27. The molecule has 1 aliphatic heterocycles. The zero-order chi connectivity index (χ0) is 14.1. The number of nitrogens with one attached hydrogen (secondary N) is 1. The molecule has 2 N–H and O–H groups in total. The van der Waals surface area contributed by atoms with Gasteiger partial charge in [0.2, 0.25) is 12.3 Å². The number of hydrogen-bond acceptors (Lipinski definition) is 5. The first-order valence-electron chi connectivity index (χ1n) is 6.01. The summed E-state index contributed by atoms with van der Waals surface area (Å²) in [5.74, 6) is -0.183. The van der Waals surface area contributed by atoms with E-state index in [9.17, 15) is 14.4 Å². The van der Waals surface area contributed by atoms with E-state index in [1.165, 1.54) is 11.8 Å². The van der Waals surface area contributed by atoms with Crippen LogP contribution in [0.5, 0.6) is 0 Å². The number of carbonyl (C=O) groups is 3. The number of thioether (sulfide) groups is 1. The third kappa shape index (κ3) is 5.93. The molecular formula is C11H18N2O5S. The van der Waals surface area contributed by atoms with Gasteiger partial charge in [-0.25, -0.2) is 4.79 Å². The molecule has 1 atom stereocenters. The van der Waals surface area contributed by atoms with E-state index in [0.29, 0.717) is 50.6 Å². The predicted octanol–water partition coefficient (Wildman–Crippen LogP) is -0.832. The van der Waals surface area contributed by atoms with Gasteiger partial charge in [0.25, 0.3) is 0 Å². The number of carbonyl (C=O) groups excluding carboxylic acids is 2. The molecule has 1 saturated heterocycles. The van der Waals surface area contributed by atoms with Gasteiger partial charge in [0.15, 0.2) is 0 Å². The number of nitrogens with zero attached hydrogens (tertiary/aromatic N) is 1. The quantitative estimate of drug-likeness (QED) is 0.447. The lowest BCUT2D eigenvalue weighted by Crippen LogP contribution is -2.41. The lowest BCUT2D eigenvalue weighted by atomic mass is 10.2. The second kappa shape index (κ2) is 8.76. The standard InChI is InChI=1S/C11H18N2O5S/c14-8-12-9(11(16)17)1-6-19-7-10(15)13-2-4-18-5-3-13/h8-9H,1-7H2,(H,12,14)(H,16,17). The van der Waals surface area contributed by atoms with Gasteiger partial charge >= 0.3 is 5.97 Å². The largest absolute Gasteiger partial charge is 0.480 e. The highest BCUT2D eigenvalue weighted by Gasteiger charge is 2.18. The Balaban J connectivity index is 2.16. The van der Waals surface area contributed by atoms with Gasteiger partial charge in [0.05, 0.1) is 19.0 Å². The highest BCUT2D eigenvalue weighted by molar-refractivity contribution is 7.99. The number of carboxylic acid groups (broad SMARTS) is 1. The van der Waals surface area contributed by atoms with Gasteiger partial charge in [-0.15, -0.1) is 0 Å². The summed E-state index contributed by atoms with van der Waals surface area (Å²) in [5.41, 5.74) is 0. The topological polar surface area (TPSA) is 95.9 Å². The maximum absolute atomic E-state index is 11.8. The van der Waals surface area contributed by atoms with Crippen molar-refractivity contribution in [2.24, 2.45) is 0 Å². The number of amides is 2. The molecule has 1 unspecified atom stereocenters. The van der Waals surface area contributed by atoms with Gasteiger partial charge in [0, 0.05) is 13.1 Å². The molecule has 19 heavy (non-hydrogen) atoms. The van der Waals surface area contributed by atoms with E-state index in [1.54, 1.807) is 4.90 Å². The maximum Gasteiger partial charge on any atom is 0.326 e. The van der Waals surface area contributed by atoms with Crippen LogP contribution in [0.15, 0.2) is 0 Å². The molecule has 0 aromatic rings. The van der Waals surface area contributed by atoms with Crippen LogP contribution < -0.4 is 5.32 Å². The molecule has 0 aliphatic carbocycles. The first-order chi connectivity index (χ1) is 9.15. The first kappa shape index (κ1) is 15.8. The molecule has 8 heteroatoms. The van der Waals surface area contributed by atoms with E-state index < -0.39 is 12.0 Å². The molecule has 108 valence electrons. The van der Waals surface area contributed by atoms with Crippen molar-refractivity contribution in [3.05, 3.63) is 0 Å². The monoisotopic (exact) mass is 290 g/mol. The van der Waals surface area contributed by atoms with Crippen molar-refractivity contribution in [2.45, 2.75) is 12.5 Å². The predicted molar refractivity (Wildman–Crippen MR) is 70.0 cm³/mol. The van der Waals surface area contributed by atoms with Crippen molar-refractivity contribution in [3.8, 4) is 0 Å². The van der Waals surface area contributed by atoms with Gasteiger partial charge in [-0.1, -0.05) is 0 Å². The third-order valence-corrected chi connectivity index (χ3v) is 3.68. The summed E-state index contributed by atoms with van der Waals surface area (Å²) < 4.78 is 5.15. The molecule has 1 rings (SSSR count). The third-order valence-electron chi connectivity index (χ3n) is 2.71. The van der Waals surface area contributed by atoms with Crippen molar-refractivity contribution in [3.63, 3.8) is 0 Å². The van der Waals surface area contributed by atoms with E-state index >= 15 is 0 Å². The Hall–Kier alpha value is -1.28. The van der Waals surface area contributed by atoms with Gasteiger partial charge in [0.1, 0.15) is 6.04 Å². The molecule has 0 radical (unpaired) electrons.